The van der Waals surface area contributed by atoms with Crippen LogP contribution in [0, 0.1) is 0 Å². The van der Waals surface area contributed by atoms with Crippen LogP contribution in [0.1, 0.15) is 18.4 Å². The number of alkyl halides is 3. The van der Waals surface area contributed by atoms with E-state index in [0.29, 0.717) is 11.1 Å². The van der Waals surface area contributed by atoms with Gasteiger partial charge in [-0.05, 0) is 12.1 Å². The van der Waals surface area contributed by atoms with E-state index in [1.54, 1.807) is 0 Å². The number of fused-ring (bicyclic) bond motifs is 1. The highest BCUT2D eigenvalue weighted by Crippen LogP contribution is 2.34. The first-order valence-corrected chi connectivity index (χ1v) is 7.15. The highest BCUT2D eigenvalue weighted by atomic mass is 19.4. The summed E-state index contributed by atoms with van der Waals surface area (Å²) in [5.74, 6) is -1.38. The van der Waals surface area contributed by atoms with Crippen LogP contribution in [0.15, 0.2) is 33.5 Å². The van der Waals surface area contributed by atoms with Crippen LogP contribution in [0.3, 0.4) is 0 Å². The zero-order valence-electron chi connectivity index (χ0n) is 12.8. The maximum absolute atomic E-state index is 13.0. The highest BCUT2D eigenvalue weighted by Gasteiger charge is 2.34. The Bertz CT molecular complexity index is 965. The Balaban J connectivity index is 1.85. The molecule has 2 aromatic rings. The Morgan fingerprint density at radius 2 is 1.77 bits per heavy atom. The van der Waals surface area contributed by atoms with Crippen molar-refractivity contribution < 1.29 is 36.8 Å². The Morgan fingerprint density at radius 1 is 1.12 bits per heavy atom. The normalized spacial score (nSPS) is 14.8. The summed E-state index contributed by atoms with van der Waals surface area (Å²) >= 11 is 0. The summed E-state index contributed by atoms with van der Waals surface area (Å²) in [5, 5.41) is 2.06. The van der Waals surface area contributed by atoms with E-state index in [9.17, 15) is 32.3 Å². The van der Waals surface area contributed by atoms with Gasteiger partial charge in [0, 0.05) is 36.0 Å². The van der Waals surface area contributed by atoms with Gasteiger partial charge in [-0.3, -0.25) is 14.9 Å². The fourth-order valence-electron chi connectivity index (χ4n) is 2.36. The summed E-state index contributed by atoms with van der Waals surface area (Å²) in [6, 6.07) is 3.43. The number of anilines is 1. The fourth-order valence-corrected chi connectivity index (χ4v) is 2.36. The molecule has 0 saturated carbocycles. The molecule has 0 radical (unpaired) electrons. The summed E-state index contributed by atoms with van der Waals surface area (Å²) < 4.78 is 43.6. The number of rotatable bonds is 2. The van der Waals surface area contributed by atoms with Crippen molar-refractivity contribution >= 4 is 34.6 Å². The molecule has 0 bridgehead atoms. The molecule has 1 aliphatic heterocycles. The average molecular weight is 370 g/mol. The van der Waals surface area contributed by atoms with E-state index in [0.717, 1.165) is 18.2 Å². The van der Waals surface area contributed by atoms with Gasteiger partial charge in [0.1, 0.15) is 5.58 Å². The van der Waals surface area contributed by atoms with Crippen molar-refractivity contribution in [1.29, 1.82) is 0 Å². The smallest absolute Gasteiger partial charge is 0.423 e. The molecule has 1 N–H and O–H groups in total. The number of hydrogen-bond donors (Lipinski definition) is 1. The molecule has 0 unspecified atom stereocenters. The van der Waals surface area contributed by atoms with Crippen LogP contribution < -0.4 is 10.9 Å². The molecule has 0 aliphatic carbocycles. The lowest BCUT2D eigenvalue weighted by atomic mass is 10.1. The van der Waals surface area contributed by atoms with Gasteiger partial charge in [0.05, 0.1) is 5.56 Å². The number of carbonyl (C=O) groups excluding carboxylic acids is 3. The lowest BCUT2D eigenvalue weighted by Gasteiger charge is -2.13. The van der Waals surface area contributed by atoms with Crippen molar-refractivity contribution in [3.63, 3.8) is 0 Å². The van der Waals surface area contributed by atoms with Crippen LogP contribution in [0.25, 0.3) is 11.0 Å². The minimum atomic E-state index is -4.77. The Kier molecular flexibility index (Phi) is 4.14. The number of hydroxylamine groups is 2. The van der Waals surface area contributed by atoms with E-state index in [1.165, 1.54) is 0 Å². The molecule has 136 valence electrons. The van der Waals surface area contributed by atoms with Gasteiger partial charge in [-0.25, -0.2) is 9.59 Å². The molecule has 3 rings (SSSR count). The molecule has 8 nitrogen and oxygen atoms in total. The topological polar surface area (TPSA) is 106 Å². The van der Waals surface area contributed by atoms with Gasteiger partial charge >= 0.3 is 17.9 Å². The first-order chi connectivity index (χ1) is 12.1. The quantitative estimate of drug-likeness (QED) is 0.643. The van der Waals surface area contributed by atoms with Crippen molar-refractivity contribution in [2.45, 2.75) is 19.0 Å². The second-order valence-electron chi connectivity index (χ2n) is 5.27. The van der Waals surface area contributed by atoms with Crippen LogP contribution in [0.5, 0.6) is 0 Å². The second-order valence-corrected chi connectivity index (χ2v) is 5.27. The Hall–Kier alpha value is -3.37. The molecule has 1 saturated heterocycles. The molecule has 26 heavy (non-hydrogen) atoms. The lowest BCUT2D eigenvalue weighted by molar-refractivity contribution is -0.170. The third kappa shape index (κ3) is 3.36. The summed E-state index contributed by atoms with van der Waals surface area (Å²) in [6.07, 6.45) is -6.15. The molecule has 1 aliphatic rings. The van der Waals surface area contributed by atoms with Crippen LogP contribution in [0.2, 0.25) is 0 Å². The van der Waals surface area contributed by atoms with Crippen molar-refractivity contribution in [3.05, 3.63) is 40.2 Å². The van der Waals surface area contributed by atoms with Crippen LogP contribution in [-0.4, -0.2) is 23.0 Å². The minimum absolute atomic E-state index is 0.0657. The number of hydrogen-bond acceptors (Lipinski definition) is 6. The molecular weight excluding hydrogens is 361 g/mol. The number of nitrogens with zero attached hydrogens (tertiary/aromatic N) is 1. The lowest BCUT2D eigenvalue weighted by Crippen LogP contribution is -2.33. The van der Waals surface area contributed by atoms with Crippen molar-refractivity contribution in [1.82, 2.24) is 5.06 Å². The van der Waals surface area contributed by atoms with Gasteiger partial charge in [-0.1, -0.05) is 0 Å². The van der Waals surface area contributed by atoms with Gasteiger partial charge in [0.2, 0.25) is 0 Å². The zero-order chi connectivity index (χ0) is 19.1. The summed E-state index contributed by atoms with van der Waals surface area (Å²) in [6.45, 7) is 0. The maximum Gasteiger partial charge on any atom is 0.436 e. The van der Waals surface area contributed by atoms with Gasteiger partial charge in [0.15, 0.2) is 0 Å². The standard InChI is InChI=1S/C15H9F3N2O6/c16-15(17,18)9-6-13(23)25-10-5-7(1-2-8(9)10)19-14(24)26-20-11(21)3-4-12(20)22/h1-2,5-6H,3-4H2,(H,19,24). The molecule has 2 heterocycles. The molecule has 0 spiro atoms. The predicted octanol–water partition coefficient (Wildman–Crippen LogP) is 2.42. The van der Waals surface area contributed by atoms with Crippen molar-refractivity contribution in [3.8, 4) is 0 Å². The number of halogens is 3. The van der Waals surface area contributed by atoms with E-state index < -0.39 is 40.9 Å². The fraction of sp³-hybridized carbons (Fsp3) is 0.200. The van der Waals surface area contributed by atoms with Crippen LogP contribution in [-0.2, 0) is 20.6 Å². The maximum atomic E-state index is 13.0. The highest BCUT2D eigenvalue weighted by molar-refractivity contribution is 6.02. The molecule has 3 amide bonds. The van der Waals surface area contributed by atoms with E-state index >= 15 is 0 Å². The number of benzene rings is 1. The number of amides is 3. The summed E-state index contributed by atoms with van der Waals surface area (Å²) in [7, 11) is 0. The monoisotopic (exact) mass is 370 g/mol. The van der Waals surface area contributed by atoms with Crippen molar-refractivity contribution in [2.24, 2.45) is 0 Å². The zero-order valence-corrected chi connectivity index (χ0v) is 12.8. The van der Waals surface area contributed by atoms with Gasteiger partial charge in [-0.2, -0.15) is 13.2 Å². The molecule has 11 heteroatoms. The van der Waals surface area contributed by atoms with Crippen LogP contribution in [0.4, 0.5) is 23.7 Å². The Morgan fingerprint density at radius 3 is 2.38 bits per heavy atom. The molecule has 1 fully saturated rings. The Labute approximate surface area is 142 Å². The van der Waals surface area contributed by atoms with Gasteiger partial charge < -0.3 is 9.25 Å². The molecular formula is C15H9F3N2O6. The van der Waals surface area contributed by atoms with E-state index in [-0.39, 0.29) is 23.9 Å². The number of nitrogens with one attached hydrogen (secondary N) is 1. The number of imide groups is 1. The molecule has 0 atom stereocenters. The van der Waals surface area contributed by atoms with E-state index in [2.05, 4.69) is 10.2 Å². The molecule has 1 aromatic heterocycles. The second kappa shape index (κ2) is 6.17. The van der Waals surface area contributed by atoms with Crippen LogP contribution >= 0.6 is 0 Å². The summed E-state index contributed by atoms with van der Waals surface area (Å²) in [5.41, 5.74) is -2.86. The van der Waals surface area contributed by atoms with Gasteiger partial charge in [-0.15, -0.1) is 5.06 Å². The van der Waals surface area contributed by atoms with E-state index in [4.69, 9.17) is 4.42 Å². The van der Waals surface area contributed by atoms with Crippen molar-refractivity contribution in [2.75, 3.05) is 5.32 Å². The largest absolute Gasteiger partial charge is 0.436 e. The third-order valence-electron chi connectivity index (χ3n) is 3.48. The third-order valence-corrected chi connectivity index (χ3v) is 3.48. The van der Waals surface area contributed by atoms with Gasteiger partial charge in [0.25, 0.3) is 11.8 Å². The molecule has 1 aromatic carbocycles. The predicted molar refractivity (Wildman–Crippen MR) is 78.7 cm³/mol. The first kappa shape index (κ1) is 17.5. The van der Waals surface area contributed by atoms with E-state index in [1.807, 2.05) is 0 Å². The first-order valence-electron chi connectivity index (χ1n) is 7.15. The summed E-state index contributed by atoms with van der Waals surface area (Å²) in [4.78, 5) is 50.3. The number of carbonyl (C=O) groups is 3. The minimum Gasteiger partial charge on any atom is -0.423 e. The average Bonchev–Trinajstić information content (AvgIpc) is 2.84. The SMILES string of the molecule is O=C(Nc1ccc2c(C(F)(F)F)cc(=O)oc2c1)ON1C(=O)CCC1=O.